The van der Waals surface area contributed by atoms with E-state index < -0.39 is 23.6 Å². The fourth-order valence-electron chi connectivity index (χ4n) is 3.88. The maximum atomic E-state index is 12.6. The van der Waals surface area contributed by atoms with Gasteiger partial charge in [0, 0.05) is 22.2 Å². The van der Waals surface area contributed by atoms with E-state index in [1.807, 2.05) is 54.6 Å². The molecule has 1 amide bonds. The van der Waals surface area contributed by atoms with Crippen LogP contribution in [-0.2, 0) is 14.9 Å². The highest BCUT2D eigenvalue weighted by Crippen LogP contribution is 2.51. The van der Waals surface area contributed by atoms with Crippen LogP contribution < -0.4 is 5.32 Å². The molecule has 0 bridgehead atoms. The summed E-state index contributed by atoms with van der Waals surface area (Å²) in [6, 6.07) is 16.9. The number of aromatic nitrogens is 2. The van der Waals surface area contributed by atoms with Gasteiger partial charge in [0.25, 0.3) is 0 Å². The van der Waals surface area contributed by atoms with Gasteiger partial charge in [-0.25, -0.2) is 9.78 Å². The van der Waals surface area contributed by atoms with Crippen LogP contribution >= 0.6 is 11.3 Å². The molecule has 1 aliphatic carbocycles. The Bertz CT molecular complexity index is 1370. The molecule has 35 heavy (non-hydrogen) atoms. The van der Waals surface area contributed by atoms with Gasteiger partial charge >= 0.3 is 12.1 Å². The number of hydrogen-bond acceptors (Lipinski definition) is 7. The Morgan fingerprint density at radius 1 is 1.11 bits per heavy atom. The molecular weight excluding hydrogens is 466 g/mol. The summed E-state index contributed by atoms with van der Waals surface area (Å²) in [4.78, 5) is 29.4. The second kappa shape index (κ2) is 8.99. The van der Waals surface area contributed by atoms with E-state index in [1.165, 1.54) is 11.3 Å². The molecule has 9 heteroatoms. The van der Waals surface area contributed by atoms with E-state index in [0.29, 0.717) is 30.0 Å². The number of anilines is 1. The van der Waals surface area contributed by atoms with Crippen LogP contribution in [-0.4, -0.2) is 27.3 Å². The van der Waals surface area contributed by atoms with Crippen molar-refractivity contribution in [3.05, 3.63) is 76.9 Å². The number of rotatable bonds is 7. The molecule has 4 aromatic rings. The third kappa shape index (κ3) is 4.42. The van der Waals surface area contributed by atoms with Crippen molar-refractivity contribution < 1.29 is 24.0 Å². The van der Waals surface area contributed by atoms with Gasteiger partial charge < -0.3 is 14.4 Å². The molecule has 8 nitrogen and oxygen atoms in total. The van der Waals surface area contributed by atoms with Crippen LogP contribution in [0.25, 0.3) is 21.9 Å². The predicted octanol–water partition coefficient (Wildman–Crippen LogP) is 6.20. The molecule has 178 valence electrons. The van der Waals surface area contributed by atoms with Crippen molar-refractivity contribution in [3.8, 4) is 21.9 Å². The highest BCUT2D eigenvalue weighted by Gasteiger charge is 2.53. The van der Waals surface area contributed by atoms with Gasteiger partial charge in [0.1, 0.15) is 27.9 Å². The number of carbonyl (C=O) groups is 2. The smallest absolute Gasteiger partial charge is 0.412 e. The van der Waals surface area contributed by atoms with Crippen LogP contribution in [0.15, 0.2) is 65.3 Å². The number of nitrogens with one attached hydrogen (secondary N) is 1. The van der Waals surface area contributed by atoms with Gasteiger partial charge in [0.15, 0.2) is 5.76 Å². The number of carbonyl (C=O) groups excluding carboxylic acids is 1. The molecule has 1 unspecified atom stereocenters. The number of carboxylic acids is 1. The van der Waals surface area contributed by atoms with Crippen molar-refractivity contribution in [1.29, 1.82) is 0 Å². The zero-order valence-corrected chi connectivity index (χ0v) is 20.0. The SMILES string of the molecule is Cc1noc(-c2ccc(-c3ncc(C4(C(=O)O)CC4)s3)cc2)c1NC(=O)OC(C)c1ccccc1. The second-order valence-corrected chi connectivity index (χ2v) is 9.58. The number of ether oxygens (including phenoxy) is 1. The van der Waals surface area contributed by atoms with Gasteiger partial charge in [-0.3, -0.25) is 10.1 Å². The Kier molecular flexibility index (Phi) is 5.86. The first-order chi connectivity index (χ1) is 16.9. The molecule has 0 aliphatic heterocycles. The Labute approximate surface area is 205 Å². The maximum absolute atomic E-state index is 12.6. The van der Waals surface area contributed by atoms with Gasteiger partial charge in [0.05, 0.1) is 0 Å². The van der Waals surface area contributed by atoms with Gasteiger partial charge in [-0.15, -0.1) is 11.3 Å². The normalized spacial score (nSPS) is 14.8. The van der Waals surface area contributed by atoms with E-state index in [9.17, 15) is 14.7 Å². The van der Waals surface area contributed by atoms with Crippen molar-refractivity contribution >= 4 is 29.1 Å². The molecule has 0 radical (unpaired) electrons. The minimum atomic E-state index is -0.791. The summed E-state index contributed by atoms with van der Waals surface area (Å²) >= 11 is 1.40. The van der Waals surface area contributed by atoms with E-state index in [2.05, 4.69) is 15.5 Å². The molecular formula is C26H23N3O5S. The van der Waals surface area contributed by atoms with Crippen molar-refractivity contribution in [2.45, 2.75) is 38.2 Å². The summed E-state index contributed by atoms with van der Waals surface area (Å²) in [6.07, 6.45) is 1.94. The number of aryl methyl sites for hydroxylation is 1. The zero-order valence-electron chi connectivity index (χ0n) is 19.1. The molecule has 0 spiro atoms. The number of carboxylic acid groups (broad SMARTS) is 1. The van der Waals surface area contributed by atoms with Crippen LogP contribution in [0.1, 0.15) is 42.0 Å². The zero-order chi connectivity index (χ0) is 24.6. The highest BCUT2D eigenvalue weighted by molar-refractivity contribution is 7.15. The summed E-state index contributed by atoms with van der Waals surface area (Å²) in [6.45, 7) is 3.55. The number of nitrogens with zero attached hydrogens (tertiary/aromatic N) is 2. The molecule has 2 heterocycles. The van der Waals surface area contributed by atoms with Crippen LogP contribution in [0, 0.1) is 6.92 Å². The average molecular weight is 490 g/mol. The maximum Gasteiger partial charge on any atom is 0.412 e. The lowest BCUT2D eigenvalue weighted by molar-refractivity contribution is -0.139. The molecule has 5 rings (SSSR count). The molecule has 1 atom stereocenters. The predicted molar refractivity (Wildman–Crippen MR) is 131 cm³/mol. The van der Waals surface area contributed by atoms with Gasteiger partial charge in [0.2, 0.25) is 0 Å². The first kappa shape index (κ1) is 22.8. The Hall–Kier alpha value is -3.98. The second-order valence-electron chi connectivity index (χ2n) is 8.55. The van der Waals surface area contributed by atoms with Gasteiger partial charge in [-0.2, -0.15) is 0 Å². The fraction of sp³-hybridized carbons (Fsp3) is 0.231. The first-order valence-electron chi connectivity index (χ1n) is 11.2. The summed E-state index contributed by atoms with van der Waals surface area (Å²) in [7, 11) is 0. The third-order valence-corrected chi connectivity index (χ3v) is 7.42. The molecule has 1 aliphatic rings. The lowest BCUT2D eigenvalue weighted by Gasteiger charge is -2.14. The van der Waals surface area contributed by atoms with Crippen molar-refractivity contribution in [2.24, 2.45) is 0 Å². The van der Waals surface area contributed by atoms with Crippen LogP contribution in [0.4, 0.5) is 10.5 Å². The number of hydrogen-bond donors (Lipinski definition) is 2. The molecule has 1 saturated carbocycles. The third-order valence-electron chi connectivity index (χ3n) is 6.17. The molecule has 0 saturated heterocycles. The van der Waals surface area contributed by atoms with E-state index in [0.717, 1.165) is 26.6 Å². The Morgan fingerprint density at radius 2 is 1.80 bits per heavy atom. The largest absolute Gasteiger partial charge is 0.481 e. The Balaban J connectivity index is 1.31. The number of aliphatic carboxylic acids is 1. The molecule has 2 aromatic heterocycles. The fourth-order valence-corrected chi connectivity index (χ4v) is 5.04. The lowest BCUT2D eigenvalue weighted by atomic mass is 10.1. The summed E-state index contributed by atoms with van der Waals surface area (Å²) < 4.78 is 11.0. The average Bonchev–Trinajstić information content (AvgIpc) is 3.40. The summed E-state index contributed by atoms with van der Waals surface area (Å²) in [5.41, 5.74) is 2.69. The lowest BCUT2D eigenvalue weighted by Crippen LogP contribution is -2.17. The van der Waals surface area contributed by atoms with Gasteiger partial charge in [-0.1, -0.05) is 59.8 Å². The van der Waals surface area contributed by atoms with Crippen LogP contribution in [0.3, 0.4) is 0 Å². The van der Waals surface area contributed by atoms with Crippen molar-refractivity contribution in [1.82, 2.24) is 10.1 Å². The quantitative estimate of drug-likeness (QED) is 0.318. The van der Waals surface area contributed by atoms with Gasteiger partial charge in [-0.05, 0) is 32.3 Å². The number of benzene rings is 2. The topological polar surface area (TPSA) is 115 Å². The van der Waals surface area contributed by atoms with E-state index in [-0.39, 0.29) is 0 Å². The molecule has 2 N–H and O–H groups in total. The number of thiazole rings is 1. The monoisotopic (exact) mass is 489 g/mol. The molecule has 2 aromatic carbocycles. The highest BCUT2D eigenvalue weighted by atomic mass is 32.1. The van der Waals surface area contributed by atoms with Crippen molar-refractivity contribution in [3.63, 3.8) is 0 Å². The van der Waals surface area contributed by atoms with Crippen molar-refractivity contribution in [2.75, 3.05) is 5.32 Å². The standard InChI is InChI=1S/C26H23N3O5S/c1-15-21(28-25(32)33-16(2)17-6-4-3-5-7-17)22(34-29-15)18-8-10-19(11-9-18)23-27-14-20(35-23)26(12-13-26)24(30)31/h3-11,14,16H,12-13H2,1-2H3,(H,28,32)(H,30,31). The summed E-state index contributed by atoms with van der Waals surface area (Å²) in [5, 5.41) is 17.0. The first-order valence-corrected chi connectivity index (χ1v) is 12.0. The Morgan fingerprint density at radius 3 is 2.46 bits per heavy atom. The van der Waals surface area contributed by atoms with E-state index in [4.69, 9.17) is 9.26 Å². The van der Waals surface area contributed by atoms with E-state index >= 15 is 0 Å². The minimum absolute atomic E-state index is 0.418. The molecule has 1 fully saturated rings. The van der Waals surface area contributed by atoms with Crippen LogP contribution in [0.5, 0.6) is 0 Å². The van der Waals surface area contributed by atoms with Crippen LogP contribution in [0.2, 0.25) is 0 Å². The summed E-state index contributed by atoms with van der Waals surface area (Å²) in [5.74, 6) is -0.374. The van der Waals surface area contributed by atoms with E-state index in [1.54, 1.807) is 20.0 Å². The number of amides is 1. The minimum Gasteiger partial charge on any atom is -0.481 e.